The van der Waals surface area contributed by atoms with Crippen LogP contribution in [0.25, 0.3) is 0 Å². The SMILES string of the molecule is COC(=O)CNC(=O)C1CSc2ccccc21. The van der Waals surface area contributed by atoms with Gasteiger partial charge in [-0.3, -0.25) is 9.59 Å². The summed E-state index contributed by atoms with van der Waals surface area (Å²) in [5.41, 5.74) is 1.04. The third-order valence-corrected chi connectivity index (χ3v) is 3.83. The average molecular weight is 251 g/mol. The van der Waals surface area contributed by atoms with E-state index in [0.717, 1.165) is 16.2 Å². The molecule has 1 aliphatic rings. The van der Waals surface area contributed by atoms with Crippen LogP contribution in [0.1, 0.15) is 11.5 Å². The maximum absolute atomic E-state index is 11.9. The molecule has 0 spiro atoms. The number of benzene rings is 1. The number of hydrogen-bond donors (Lipinski definition) is 1. The molecule has 4 nitrogen and oxygen atoms in total. The van der Waals surface area contributed by atoms with Crippen molar-refractivity contribution in [3.05, 3.63) is 29.8 Å². The summed E-state index contributed by atoms with van der Waals surface area (Å²) in [6, 6.07) is 7.84. The number of amides is 1. The Morgan fingerprint density at radius 3 is 3.00 bits per heavy atom. The van der Waals surface area contributed by atoms with Gasteiger partial charge in [-0.1, -0.05) is 18.2 Å². The molecule has 2 rings (SSSR count). The second-order valence-corrected chi connectivity index (χ2v) is 4.76. The Kier molecular flexibility index (Phi) is 3.68. The first-order chi connectivity index (χ1) is 8.22. The second kappa shape index (κ2) is 5.23. The van der Waals surface area contributed by atoms with E-state index in [1.165, 1.54) is 7.11 Å². The lowest BCUT2D eigenvalue weighted by molar-refractivity contribution is -0.141. The molecule has 0 aliphatic carbocycles. The molecule has 0 fully saturated rings. The van der Waals surface area contributed by atoms with Crippen LogP contribution in [0.3, 0.4) is 0 Å². The molecular weight excluding hydrogens is 238 g/mol. The highest BCUT2D eigenvalue weighted by molar-refractivity contribution is 7.99. The summed E-state index contributed by atoms with van der Waals surface area (Å²) in [4.78, 5) is 24.0. The number of carbonyl (C=O) groups excluding carboxylic acids is 2. The molecule has 1 atom stereocenters. The minimum atomic E-state index is -0.433. The van der Waals surface area contributed by atoms with Gasteiger partial charge in [0.25, 0.3) is 0 Å². The number of fused-ring (bicyclic) bond motifs is 1. The zero-order valence-electron chi connectivity index (χ0n) is 9.43. The third kappa shape index (κ3) is 2.61. The number of hydrogen-bond acceptors (Lipinski definition) is 4. The predicted molar refractivity (Wildman–Crippen MR) is 64.9 cm³/mol. The molecule has 0 radical (unpaired) electrons. The number of esters is 1. The van der Waals surface area contributed by atoms with Crippen LogP contribution in [0.15, 0.2) is 29.2 Å². The molecule has 1 unspecified atom stereocenters. The van der Waals surface area contributed by atoms with Crippen molar-refractivity contribution in [2.45, 2.75) is 10.8 Å². The lowest BCUT2D eigenvalue weighted by atomic mass is 10.0. The Bertz CT molecular complexity index is 447. The van der Waals surface area contributed by atoms with Crippen molar-refractivity contribution in [3.8, 4) is 0 Å². The standard InChI is InChI=1S/C12H13NO3S/c1-16-11(14)6-13-12(15)9-7-17-10-5-3-2-4-8(9)10/h2-5,9H,6-7H2,1H3,(H,13,15). The second-order valence-electron chi connectivity index (χ2n) is 3.70. The summed E-state index contributed by atoms with van der Waals surface area (Å²) in [5, 5.41) is 2.59. The van der Waals surface area contributed by atoms with E-state index in [1.807, 2.05) is 24.3 Å². The van der Waals surface area contributed by atoms with Crippen molar-refractivity contribution in [1.29, 1.82) is 0 Å². The molecular formula is C12H13NO3S. The van der Waals surface area contributed by atoms with Crippen LogP contribution in [0.2, 0.25) is 0 Å². The number of carbonyl (C=O) groups is 2. The Balaban J connectivity index is 2.00. The van der Waals surface area contributed by atoms with E-state index in [9.17, 15) is 9.59 Å². The summed E-state index contributed by atoms with van der Waals surface area (Å²) < 4.78 is 4.47. The van der Waals surface area contributed by atoms with E-state index in [-0.39, 0.29) is 18.4 Å². The first-order valence-electron chi connectivity index (χ1n) is 5.28. The van der Waals surface area contributed by atoms with Gasteiger partial charge in [0, 0.05) is 10.6 Å². The quantitative estimate of drug-likeness (QED) is 0.819. The zero-order chi connectivity index (χ0) is 12.3. The number of ether oxygens (including phenoxy) is 1. The van der Waals surface area contributed by atoms with Gasteiger partial charge in [0.1, 0.15) is 6.54 Å². The lowest BCUT2D eigenvalue weighted by Gasteiger charge is -2.10. The molecule has 1 aromatic carbocycles. The van der Waals surface area contributed by atoms with Gasteiger partial charge in [0.15, 0.2) is 0 Å². The van der Waals surface area contributed by atoms with Crippen molar-refractivity contribution >= 4 is 23.6 Å². The maximum Gasteiger partial charge on any atom is 0.325 e. The molecule has 0 saturated heterocycles. The van der Waals surface area contributed by atoms with Crippen LogP contribution in [-0.4, -0.2) is 31.3 Å². The van der Waals surface area contributed by atoms with Gasteiger partial charge in [-0.15, -0.1) is 11.8 Å². The Labute approximate surface area is 104 Å². The Morgan fingerprint density at radius 1 is 1.47 bits per heavy atom. The van der Waals surface area contributed by atoms with Crippen molar-refractivity contribution < 1.29 is 14.3 Å². The van der Waals surface area contributed by atoms with Crippen LogP contribution in [0.5, 0.6) is 0 Å². The largest absolute Gasteiger partial charge is 0.468 e. The number of methoxy groups -OCH3 is 1. The van der Waals surface area contributed by atoms with Gasteiger partial charge in [0.2, 0.25) is 5.91 Å². The highest BCUT2D eigenvalue weighted by Crippen LogP contribution is 2.39. The molecule has 0 bridgehead atoms. The van der Waals surface area contributed by atoms with Gasteiger partial charge < -0.3 is 10.1 Å². The van der Waals surface area contributed by atoms with Gasteiger partial charge in [0.05, 0.1) is 13.0 Å². The summed E-state index contributed by atoms with van der Waals surface area (Å²) in [7, 11) is 1.30. The minimum Gasteiger partial charge on any atom is -0.468 e. The fraction of sp³-hybridized carbons (Fsp3) is 0.333. The van der Waals surface area contributed by atoms with Crippen molar-refractivity contribution in [1.82, 2.24) is 5.32 Å². The topological polar surface area (TPSA) is 55.4 Å². The van der Waals surface area contributed by atoms with Gasteiger partial charge in [-0.25, -0.2) is 0 Å². The number of rotatable bonds is 3. The van der Waals surface area contributed by atoms with Crippen LogP contribution in [0, 0.1) is 0 Å². The fourth-order valence-corrected chi connectivity index (χ4v) is 2.96. The van der Waals surface area contributed by atoms with Crippen LogP contribution in [-0.2, 0) is 14.3 Å². The number of nitrogens with one attached hydrogen (secondary N) is 1. The summed E-state index contributed by atoms with van der Waals surface area (Å²) in [5.74, 6) is 0.0118. The third-order valence-electron chi connectivity index (χ3n) is 2.65. The smallest absolute Gasteiger partial charge is 0.325 e. The van der Waals surface area contributed by atoms with Crippen molar-refractivity contribution in [2.75, 3.05) is 19.4 Å². The van der Waals surface area contributed by atoms with E-state index in [4.69, 9.17) is 0 Å². The number of thioether (sulfide) groups is 1. The van der Waals surface area contributed by atoms with E-state index >= 15 is 0 Å². The lowest BCUT2D eigenvalue weighted by Crippen LogP contribution is -2.34. The summed E-state index contributed by atoms with van der Waals surface area (Å²) >= 11 is 1.67. The van der Waals surface area contributed by atoms with E-state index in [1.54, 1.807) is 11.8 Å². The molecule has 0 saturated carbocycles. The summed E-state index contributed by atoms with van der Waals surface area (Å²) in [6.45, 7) is -0.0708. The molecule has 1 aliphatic heterocycles. The van der Waals surface area contributed by atoms with Gasteiger partial charge >= 0.3 is 5.97 Å². The first kappa shape index (κ1) is 12.0. The van der Waals surface area contributed by atoms with E-state index in [2.05, 4.69) is 10.1 Å². The van der Waals surface area contributed by atoms with Crippen LogP contribution >= 0.6 is 11.8 Å². The molecule has 0 aromatic heterocycles. The van der Waals surface area contributed by atoms with Crippen molar-refractivity contribution in [3.63, 3.8) is 0 Å². The predicted octanol–water partition coefficient (Wildman–Crippen LogP) is 1.17. The first-order valence-corrected chi connectivity index (χ1v) is 6.27. The monoisotopic (exact) mass is 251 g/mol. The molecule has 1 aromatic rings. The normalized spacial score (nSPS) is 17.4. The van der Waals surface area contributed by atoms with Crippen LogP contribution < -0.4 is 5.32 Å². The van der Waals surface area contributed by atoms with Crippen LogP contribution in [0.4, 0.5) is 0 Å². The average Bonchev–Trinajstić information content (AvgIpc) is 2.79. The van der Waals surface area contributed by atoms with Gasteiger partial charge in [-0.2, -0.15) is 0 Å². The molecule has 5 heteroatoms. The van der Waals surface area contributed by atoms with E-state index < -0.39 is 5.97 Å². The highest BCUT2D eigenvalue weighted by Gasteiger charge is 2.28. The minimum absolute atomic E-state index is 0.0708. The fourth-order valence-electron chi connectivity index (χ4n) is 1.73. The molecule has 1 amide bonds. The van der Waals surface area contributed by atoms with E-state index in [0.29, 0.717) is 0 Å². The highest BCUT2D eigenvalue weighted by atomic mass is 32.2. The maximum atomic E-state index is 11.9. The van der Waals surface area contributed by atoms with Gasteiger partial charge in [-0.05, 0) is 11.6 Å². The zero-order valence-corrected chi connectivity index (χ0v) is 10.3. The Hall–Kier alpha value is -1.49. The molecule has 90 valence electrons. The Morgan fingerprint density at radius 2 is 2.24 bits per heavy atom. The van der Waals surface area contributed by atoms with Crippen molar-refractivity contribution in [2.24, 2.45) is 0 Å². The molecule has 1 heterocycles. The molecule has 17 heavy (non-hydrogen) atoms. The summed E-state index contributed by atoms with van der Waals surface area (Å²) in [6.07, 6.45) is 0. The molecule has 1 N–H and O–H groups in total.